The second kappa shape index (κ2) is 3.29. The van der Waals surface area contributed by atoms with Crippen LogP contribution in [0.1, 0.15) is 26.2 Å². The van der Waals surface area contributed by atoms with Crippen molar-refractivity contribution in [1.82, 2.24) is 0 Å². The quantitative estimate of drug-likeness (QED) is 0.389. The van der Waals surface area contributed by atoms with E-state index in [2.05, 4.69) is 19.1 Å². The maximum Gasteiger partial charge on any atom is 0.251 e. The van der Waals surface area contributed by atoms with Gasteiger partial charge < -0.3 is 0 Å². The molecule has 0 amide bonds. The Labute approximate surface area is 90.7 Å². The molecule has 2 bridgehead atoms. The lowest BCUT2D eigenvalue weighted by atomic mass is 9.90. The van der Waals surface area contributed by atoms with Crippen LogP contribution in [0.5, 0.6) is 0 Å². The minimum atomic E-state index is -1.92. The molecular weight excluding hydrogens is 219 g/mol. The van der Waals surface area contributed by atoms with Gasteiger partial charge in [-0.3, -0.25) is 0 Å². The van der Waals surface area contributed by atoms with Crippen molar-refractivity contribution in [3.63, 3.8) is 0 Å². The van der Waals surface area contributed by atoms with Gasteiger partial charge in [-0.1, -0.05) is 19.1 Å². The summed E-state index contributed by atoms with van der Waals surface area (Å²) in [5.41, 5.74) is 0.413. The molecule has 3 heteroatoms. The fourth-order valence-corrected chi connectivity index (χ4v) is 6.03. The predicted octanol–water partition coefficient (Wildman–Crippen LogP) is 4.28. The molecule has 0 N–H and O–H groups in total. The minimum absolute atomic E-state index is 0.413. The van der Waals surface area contributed by atoms with Gasteiger partial charge in [0, 0.05) is 0 Å². The molecule has 2 aliphatic rings. The molecule has 0 saturated heterocycles. The number of hydrogen-bond acceptors (Lipinski definition) is 0. The second-order valence-electron chi connectivity index (χ2n) is 4.61. The van der Waals surface area contributed by atoms with E-state index < -0.39 is 6.69 Å². The first-order chi connectivity index (χ1) is 6.05. The molecule has 2 unspecified atom stereocenters. The van der Waals surface area contributed by atoms with Crippen LogP contribution < -0.4 is 0 Å². The first kappa shape index (κ1) is 10.1. The van der Waals surface area contributed by atoms with Crippen LogP contribution >= 0.6 is 22.2 Å². The summed E-state index contributed by atoms with van der Waals surface area (Å²) >= 11 is 12.7. The van der Waals surface area contributed by atoms with Crippen molar-refractivity contribution < 1.29 is 0 Å². The van der Waals surface area contributed by atoms with Gasteiger partial charge in [0.2, 0.25) is 0 Å². The zero-order valence-corrected chi connectivity index (χ0v) is 10.5. The van der Waals surface area contributed by atoms with Gasteiger partial charge in [0.1, 0.15) is 0 Å². The Morgan fingerprint density at radius 2 is 2.31 bits per heavy atom. The van der Waals surface area contributed by atoms with Crippen molar-refractivity contribution in [2.24, 2.45) is 11.3 Å². The molecule has 0 aromatic carbocycles. The third-order valence-electron chi connectivity index (χ3n) is 3.53. The summed E-state index contributed by atoms with van der Waals surface area (Å²) in [6.45, 7) is 0.203. The van der Waals surface area contributed by atoms with Gasteiger partial charge in [-0.15, -0.1) is 22.2 Å². The van der Waals surface area contributed by atoms with Crippen LogP contribution in [0.15, 0.2) is 12.2 Å². The van der Waals surface area contributed by atoms with Crippen LogP contribution in [0.4, 0.5) is 0 Å². The van der Waals surface area contributed by atoms with Gasteiger partial charge in [-0.2, -0.15) is 0 Å². The highest BCUT2D eigenvalue weighted by Crippen LogP contribution is 2.54. The van der Waals surface area contributed by atoms with Crippen LogP contribution in [0.2, 0.25) is 12.1 Å². The molecule has 0 aromatic heterocycles. The molecule has 1 saturated carbocycles. The van der Waals surface area contributed by atoms with E-state index in [0.717, 1.165) is 18.0 Å². The largest absolute Gasteiger partial charge is 0.251 e. The fraction of sp³-hybridized carbons (Fsp3) is 0.800. The van der Waals surface area contributed by atoms with Gasteiger partial charge in [0.15, 0.2) is 0 Å². The van der Waals surface area contributed by atoms with Crippen molar-refractivity contribution in [3.8, 4) is 0 Å². The minimum Gasteiger partial charge on any atom is -0.146 e. The van der Waals surface area contributed by atoms with Gasteiger partial charge in [-0.25, -0.2) is 0 Å². The highest BCUT2D eigenvalue weighted by Gasteiger charge is 2.45. The van der Waals surface area contributed by atoms with E-state index in [1.54, 1.807) is 0 Å². The molecule has 74 valence electrons. The topological polar surface area (TPSA) is 0 Å². The lowest BCUT2D eigenvalue weighted by molar-refractivity contribution is 0.450. The average molecular weight is 235 g/mol. The molecule has 0 nitrogen and oxygen atoms in total. The standard InChI is InChI=1S/C10H16Cl2Si/c1-2-13(11,12)8-10-5-3-9(7-10)4-6-10/h3,5,9H,2,4,6-8H2,1H3. The van der Waals surface area contributed by atoms with E-state index >= 15 is 0 Å². The maximum absolute atomic E-state index is 6.36. The lowest BCUT2D eigenvalue weighted by Crippen LogP contribution is -2.27. The summed E-state index contributed by atoms with van der Waals surface area (Å²) in [6.07, 6.45) is 8.77. The van der Waals surface area contributed by atoms with E-state index in [-0.39, 0.29) is 0 Å². The Morgan fingerprint density at radius 1 is 1.54 bits per heavy atom. The summed E-state index contributed by atoms with van der Waals surface area (Å²) in [7, 11) is 0. The molecule has 2 aliphatic carbocycles. The van der Waals surface area contributed by atoms with Crippen molar-refractivity contribution in [3.05, 3.63) is 12.2 Å². The fourth-order valence-electron chi connectivity index (χ4n) is 2.71. The first-order valence-corrected chi connectivity index (χ1v) is 9.56. The summed E-state index contributed by atoms with van der Waals surface area (Å²) in [5.74, 6) is 0.843. The van der Waals surface area contributed by atoms with Crippen molar-refractivity contribution in [2.75, 3.05) is 0 Å². The van der Waals surface area contributed by atoms with Crippen molar-refractivity contribution in [2.45, 2.75) is 38.3 Å². The molecule has 2 atom stereocenters. The SMILES string of the molecule is CC[Si](Cl)(Cl)CC12C=CC(CC1)C2. The van der Waals surface area contributed by atoms with Crippen LogP contribution in [0, 0.1) is 11.3 Å². The second-order valence-corrected chi connectivity index (χ2v) is 12.3. The normalized spacial score (nSPS) is 37.3. The molecule has 13 heavy (non-hydrogen) atoms. The van der Waals surface area contributed by atoms with Gasteiger partial charge in [0.05, 0.1) is 0 Å². The monoisotopic (exact) mass is 234 g/mol. The Balaban J connectivity index is 2.06. The Bertz CT molecular complexity index is 237. The predicted molar refractivity (Wildman–Crippen MR) is 61.7 cm³/mol. The van der Waals surface area contributed by atoms with Gasteiger partial charge in [0.25, 0.3) is 6.69 Å². The van der Waals surface area contributed by atoms with Crippen LogP contribution in [-0.2, 0) is 0 Å². The number of rotatable bonds is 3. The van der Waals surface area contributed by atoms with Crippen LogP contribution in [-0.4, -0.2) is 6.69 Å². The zero-order chi connectivity index (χ0) is 9.53. The number of halogens is 2. The van der Waals surface area contributed by atoms with Gasteiger partial charge >= 0.3 is 0 Å². The number of hydrogen-bond donors (Lipinski definition) is 0. The molecule has 0 radical (unpaired) electrons. The van der Waals surface area contributed by atoms with E-state index in [0.29, 0.717) is 5.41 Å². The summed E-state index contributed by atoms with van der Waals surface area (Å²) in [5, 5.41) is 0. The van der Waals surface area contributed by atoms with E-state index in [1.165, 1.54) is 19.3 Å². The van der Waals surface area contributed by atoms with Crippen LogP contribution in [0.25, 0.3) is 0 Å². The number of fused-ring (bicyclic) bond motifs is 2. The van der Waals surface area contributed by atoms with E-state index in [1.807, 2.05) is 0 Å². The summed E-state index contributed by atoms with van der Waals surface area (Å²) < 4.78 is 0. The summed E-state index contributed by atoms with van der Waals surface area (Å²) in [4.78, 5) is 0. The molecule has 0 spiro atoms. The van der Waals surface area contributed by atoms with Crippen molar-refractivity contribution in [1.29, 1.82) is 0 Å². The number of allylic oxidation sites excluding steroid dienone is 2. The molecule has 0 aromatic rings. The molecule has 2 rings (SSSR count). The molecule has 0 heterocycles. The lowest BCUT2D eigenvalue weighted by Gasteiger charge is -2.28. The highest BCUT2D eigenvalue weighted by molar-refractivity contribution is 7.45. The Hall–Kier alpha value is 0.537. The maximum atomic E-state index is 6.36. The summed E-state index contributed by atoms with van der Waals surface area (Å²) in [6, 6.07) is 2.06. The highest BCUT2D eigenvalue weighted by atomic mass is 35.7. The average Bonchev–Trinajstić information content (AvgIpc) is 2.62. The third-order valence-corrected chi connectivity index (χ3v) is 8.19. The Kier molecular flexibility index (Phi) is 2.54. The van der Waals surface area contributed by atoms with Crippen LogP contribution in [0.3, 0.4) is 0 Å². The first-order valence-electron chi connectivity index (χ1n) is 5.12. The van der Waals surface area contributed by atoms with Gasteiger partial charge in [-0.05, 0) is 42.7 Å². The molecule has 1 fully saturated rings. The smallest absolute Gasteiger partial charge is 0.146 e. The third kappa shape index (κ3) is 1.98. The molecule has 0 aliphatic heterocycles. The van der Waals surface area contributed by atoms with E-state index in [9.17, 15) is 0 Å². The molecular formula is C10H16Cl2Si. The Morgan fingerprint density at radius 3 is 2.69 bits per heavy atom. The van der Waals surface area contributed by atoms with Crippen molar-refractivity contribution >= 4 is 28.9 Å². The zero-order valence-electron chi connectivity index (χ0n) is 8.02. The van der Waals surface area contributed by atoms with E-state index in [4.69, 9.17) is 22.2 Å².